The number of hydrogen-bond acceptors (Lipinski definition) is 1. The van der Waals surface area contributed by atoms with Gasteiger partial charge in [-0.2, -0.15) is 0 Å². The number of unbranched alkanes of at least 4 members (excludes halogenated alkanes) is 1. The highest BCUT2D eigenvalue weighted by Crippen LogP contribution is 2.37. The fourth-order valence-corrected chi connectivity index (χ4v) is 3.61. The minimum Gasteiger partial charge on any atom is -0.377 e. The molecule has 0 unspecified atom stereocenters. The Hall–Kier alpha value is -1.08. The summed E-state index contributed by atoms with van der Waals surface area (Å²) < 4.78 is 5.70. The zero-order valence-electron chi connectivity index (χ0n) is 15.1. The quantitative estimate of drug-likeness (QED) is 0.367. The summed E-state index contributed by atoms with van der Waals surface area (Å²) in [6, 6.07) is 9.20. The lowest BCUT2D eigenvalue weighted by Gasteiger charge is -2.28. The summed E-state index contributed by atoms with van der Waals surface area (Å²) in [5.74, 6) is 1.73. The van der Waals surface area contributed by atoms with Crippen LogP contribution in [0.3, 0.4) is 0 Å². The summed E-state index contributed by atoms with van der Waals surface area (Å²) in [6.45, 7) is 5.97. The predicted molar refractivity (Wildman–Crippen MR) is 99.8 cm³/mol. The summed E-state index contributed by atoms with van der Waals surface area (Å²) in [5.41, 5.74) is 2.85. The van der Waals surface area contributed by atoms with Gasteiger partial charge in [0.15, 0.2) is 0 Å². The van der Waals surface area contributed by atoms with Gasteiger partial charge in [-0.3, -0.25) is 0 Å². The molecule has 0 bridgehead atoms. The maximum absolute atomic E-state index is 5.70. The van der Waals surface area contributed by atoms with E-state index in [-0.39, 0.29) is 0 Å². The molecule has 0 saturated heterocycles. The molecule has 0 N–H and O–H groups in total. The lowest BCUT2D eigenvalue weighted by atomic mass is 9.77. The van der Waals surface area contributed by atoms with Gasteiger partial charge in [-0.1, -0.05) is 49.8 Å². The second-order valence-corrected chi connectivity index (χ2v) is 7.01. The van der Waals surface area contributed by atoms with Gasteiger partial charge in [-0.15, -0.1) is 0 Å². The van der Waals surface area contributed by atoms with Crippen LogP contribution in [0.5, 0.6) is 0 Å². The van der Waals surface area contributed by atoms with Crippen molar-refractivity contribution in [2.45, 2.75) is 77.7 Å². The van der Waals surface area contributed by atoms with Crippen molar-refractivity contribution in [1.29, 1.82) is 0 Å². The van der Waals surface area contributed by atoms with Gasteiger partial charge in [-0.25, -0.2) is 0 Å². The van der Waals surface area contributed by atoms with E-state index in [0.717, 1.165) is 31.5 Å². The minimum atomic E-state index is 0.762. The van der Waals surface area contributed by atoms with Crippen molar-refractivity contribution < 1.29 is 4.74 Å². The molecule has 1 aromatic carbocycles. The maximum atomic E-state index is 5.70. The van der Waals surface area contributed by atoms with Crippen LogP contribution in [0.1, 0.15) is 82.3 Å². The lowest BCUT2D eigenvalue weighted by Crippen LogP contribution is -2.13. The minimum absolute atomic E-state index is 0.762. The summed E-state index contributed by atoms with van der Waals surface area (Å²) in [6.07, 6.45) is 15.1. The molecule has 1 heteroatoms. The van der Waals surface area contributed by atoms with E-state index in [0.29, 0.717) is 0 Å². The Balaban J connectivity index is 1.73. The fourth-order valence-electron chi connectivity index (χ4n) is 3.61. The molecule has 0 aromatic heterocycles. The first-order valence-corrected chi connectivity index (χ1v) is 9.61. The highest BCUT2D eigenvalue weighted by atomic mass is 16.5. The van der Waals surface area contributed by atoms with Crippen molar-refractivity contribution in [2.75, 3.05) is 6.61 Å². The first-order chi connectivity index (χ1) is 11.3. The van der Waals surface area contributed by atoms with Gasteiger partial charge in [0.05, 0.1) is 6.61 Å². The van der Waals surface area contributed by atoms with Crippen LogP contribution >= 0.6 is 0 Å². The Morgan fingerprint density at radius 3 is 2.48 bits per heavy atom. The average molecular weight is 315 g/mol. The van der Waals surface area contributed by atoms with Crippen molar-refractivity contribution in [1.82, 2.24) is 0 Å². The zero-order chi connectivity index (χ0) is 16.3. The van der Waals surface area contributed by atoms with Crippen molar-refractivity contribution in [2.24, 2.45) is 5.92 Å². The summed E-state index contributed by atoms with van der Waals surface area (Å²) in [5, 5.41) is 0. The molecule has 0 atom stereocenters. The molecule has 1 aliphatic carbocycles. The topological polar surface area (TPSA) is 9.23 Å². The summed E-state index contributed by atoms with van der Waals surface area (Å²) in [7, 11) is 0. The molecule has 0 spiro atoms. The van der Waals surface area contributed by atoms with Crippen molar-refractivity contribution >= 4 is 0 Å². The molecule has 2 rings (SSSR count). The predicted octanol–water partition coefficient (Wildman–Crippen LogP) is 6.63. The Morgan fingerprint density at radius 2 is 1.83 bits per heavy atom. The Labute approximate surface area is 143 Å². The molecule has 23 heavy (non-hydrogen) atoms. The fraction of sp³-hybridized carbons (Fsp3) is 0.636. The van der Waals surface area contributed by atoms with Crippen LogP contribution in [0.15, 0.2) is 36.4 Å². The van der Waals surface area contributed by atoms with E-state index in [1.165, 1.54) is 56.1 Å². The number of allylic oxidation sites excluding steroid dienone is 2. The first kappa shape index (κ1) is 18.3. The summed E-state index contributed by atoms with van der Waals surface area (Å²) in [4.78, 5) is 0. The monoisotopic (exact) mass is 314 g/mol. The van der Waals surface area contributed by atoms with E-state index in [1.807, 2.05) is 0 Å². The van der Waals surface area contributed by atoms with Crippen molar-refractivity contribution in [3.8, 4) is 0 Å². The van der Waals surface area contributed by atoms with Crippen LogP contribution in [0.2, 0.25) is 0 Å². The van der Waals surface area contributed by atoms with Gasteiger partial charge >= 0.3 is 0 Å². The molecule has 1 nitrogen and oxygen atoms in total. The van der Waals surface area contributed by atoms with Gasteiger partial charge in [0.25, 0.3) is 0 Å². The van der Waals surface area contributed by atoms with Gasteiger partial charge < -0.3 is 4.74 Å². The molecule has 1 aliphatic rings. The van der Waals surface area contributed by atoms with Crippen molar-refractivity contribution in [3.05, 3.63) is 47.5 Å². The van der Waals surface area contributed by atoms with Crippen LogP contribution in [-0.4, -0.2) is 6.61 Å². The van der Waals surface area contributed by atoms with Crippen molar-refractivity contribution in [3.63, 3.8) is 0 Å². The van der Waals surface area contributed by atoms with E-state index >= 15 is 0 Å². The number of hydrogen-bond donors (Lipinski definition) is 0. The van der Waals surface area contributed by atoms with Crippen LogP contribution in [0.4, 0.5) is 0 Å². The third-order valence-electron chi connectivity index (χ3n) is 5.19. The Bertz CT molecular complexity index is 438. The first-order valence-electron chi connectivity index (χ1n) is 9.61. The second-order valence-electron chi connectivity index (χ2n) is 7.01. The zero-order valence-corrected chi connectivity index (χ0v) is 15.1. The Morgan fingerprint density at radius 1 is 1.09 bits per heavy atom. The van der Waals surface area contributed by atoms with Gasteiger partial charge in [0.2, 0.25) is 0 Å². The molecule has 0 aliphatic heterocycles. The van der Waals surface area contributed by atoms with Crippen LogP contribution in [0.25, 0.3) is 0 Å². The molecule has 1 fully saturated rings. The maximum Gasteiger partial charge on any atom is 0.0716 e. The molecular formula is C22H34O. The largest absolute Gasteiger partial charge is 0.377 e. The molecule has 1 saturated carbocycles. The van der Waals surface area contributed by atoms with Crippen LogP contribution in [-0.2, 0) is 11.3 Å². The van der Waals surface area contributed by atoms with E-state index in [4.69, 9.17) is 4.74 Å². The lowest BCUT2D eigenvalue weighted by molar-refractivity contribution is 0.118. The number of benzene rings is 1. The number of ether oxygens (including phenoxy) is 1. The molecule has 0 heterocycles. The SMILES string of the molecule is CC=CCCC1CCC(c2ccc(COCCCC)cc2)CC1. The molecule has 0 radical (unpaired) electrons. The normalized spacial score (nSPS) is 21.8. The average Bonchev–Trinajstić information content (AvgIpc) is 2.60. The second kappa shape index (κ2) is 10.6. The standard InChI is InChI=1S/C22H34O/c1-3-5-7-8-19-9-13-21(14-10-19)22-15-11-20(12-16-22)18-23-17-6-4-2/h3,5,11-12,15-16,19,21H,4,6-10,13-14,17-18H2,1-2H3. The van der Waals surface area contributed by atoms with Gasteiger partial charge in [0.1, 0.15) is 0 Å². The third kappa shape index (κ3) is 6.51. The number of rotatable bonds is 9. The van der Waals surface area contributed by atoms with E-state index < -0.39 is 0 Å². The molecule has 128 valence electrons. The van der Waals surface area contributed by atoms with E-state index in [9.17, 15) is 0 Å². The molecule has 0 amide bonds. The third-order valence-corrected chi connectivity index (χ3v) is 5.19. The van der Waals surface area contributed by atoms with Gasteiger partial charge in [-0.05, 0) is 74.8 Å². The van der Waals surface area contributed by atoms with E-state index in [2.05, 4.69) is 50.3 Å². The van der Waals surface area contributed by atoms with E-state index in [1.54, 1.807) is 0 Å². The molecule has 1 aromatic rings. The van der Waals surface area contributed by atoms with Crippen LogP contribution in [0, 0.1) is 5.92 Å². The highest BCUT2D eigenvalue weighted by molar-refractivity contribution is 5.25. The Kier molecular flexibility index (Phi) is 8.46. The highest BCUT2D eigenvalue weighted by Gasteiger charge is 2.21. The summed E-state index contributed by atoms with van der Waals surface area (Å²) >= 11 is 0. The smallest absolute Gasteiger partial charge is 0.0716 e. The van der Waals surface area contributed by atoms with Gasteiger partial charge in [0, 0.05) is 6.61 Å². The molecular weight excluding hydrogens is 280 g/mol. The van der Waals surface area contributed by atoms with Crippen LogP contribution < -0.4 is 0 Å².